The Balaban J connectivity index is 1.58. The molecule has 8 heteroatoms. The highest BCUT2D eigenvalue weighted by atomic mass is 16.6. The van der Waals surface area contributed by atoms with Crippen LogP contribution < -0.4 is 10.2 Å². The third-order valence-electron chi connectivity index (χ3n) is 5.06. The first kappa shape index (κ1) is 22.1. The number of aromatic nitrogens is 2. The molecule has 2 heterocycles. The summed E-state index contributed by atoms with van der Waals surface area (Å²) in [5.41, 5.74) is 1.56. The quantitative estimate of drug-likeness (QED) is 0.806. The van der Waals surface area contributed by atoms with Gasteiger partial charge in [0.05, 0.1) is 11.2 Å². The number of carbonyl (C=O) groups excluding carboxylic acids is 1. The molecule has 1 aromatic carbocycles. The monoisotopic (exact) mass is 414 g/mol. The maximum absolute atomic E-state index is 12.2. The fourth-order valence-corrected chi connectivity index (χ4v) is 3.65. The lowest BCUT2D eigenvalue weighted by molar-refractivity contribution is 0.0144. The van der Waals surface area contributed by atoms with E-state index >= 15 is 0 Å². The number of piperazine rings is 1. The van der Waals surface area contributed by atoms with E-state index < -0.39 is 5.60 Å². The first-order valence-corrected chi connectivity index (χ1v) is 10.5. The van der Waals surface area contributed by atoms with Gasteiger partial charge in [-0.1, -0.05) is 6.07 Å². The van der Waals surface area contributed by atoms with Gasteiger partial charge in [0.1, 0.15) is 17.7 Å². The van der Waals surface area contributed by atoms with Crippen molar-refractivity contribution in [3.63, 3.8) is 0 Å². The average molecular weight is 415 g/mol. The molecular formula is C22H34N6O2. The van der Waals surface area contributed by atoms with Crippen molar-refractivity contribution < 1.29 is 9.53 Å². The minimum atomic E-state index is -0.459. The molecule has 3 rings (SSSR count). The summed E-state index contributed by atoms with van der Waals surface area (Å²) >= 11 is 0. The lowest BCUT2D eigenvalue weighted by Gasteiger charge is -2.36. The van der Waals surface area contributed by atoms with E-state index in [-0.39, 0.29) is 12.1 Å². The zero-order valence-corrected chi connectivity index (χ0v) is 19.0. The SMILES string of the molecule is C[C@@H](CN1CCN(C(=O)OC(C)(C)C)CC1)Nc1ncnc2c(N(C)C)cccc12. The Morgan fingerprint density at radius 3 is 2.53 bits per heavy atom. The van der Waals surface area contributed by atoms with E-state index in [4.69, 9.17) is 4.74 Å². The lowest BCUT2D eigenvalue weighted by Crippen LogP contribution is -2.51. The Labute approximate surface area is 179 Å². The van der Waals surface area contributed by atoms with Crippen LogP contribution in [0.1, 0.15) is 27.7 Å². The Morgan fingerprint density at radius 1 is 1.20 bits per heavy atom. The summed E-state index contributed by atoms with van der Waals surface area (Å²) in [6.07, 6.45) is 1.39. The van der Waals surface area contributed by atoms with E-state index in [1.165, 1.54) is 0 Å². The summed E-state index contributed by atoms with van der Waals surface area (Å²) in [5.74, 6) is 0.851. The molecule has 1 amide bonds. The molecular weight excluding hydrogens is 380 g/mol. The molecule has 0 bridgehead atoms. The molecule has 164 valence electrons. The highest BCUT2D eigenvalue weighted by Crippen LogP contribution is 2.27. The number of carbonyl (C=O) groups is 1. The van der Waals surface area contributed by atoms with Crippen LogP contribution in [0.25, 0.3) is 10.9 Å². The van der Waals surface area contributed by atoms with Crippen LogP contribution in [-0.2, 0) is 4.74 Å². The number of benzene rings is 1. The molecule has 1 aliphatic rings. The first-order chi connectivity index (χ1) is 14.1. The molecule has 1 aromatic heterocycles. The van der Waals surface area contributed by atoms with Crippen LogP contribution in [-0.4, -0.2) is 84.3 Å². The summed E-state index contributed by atoms with van der Waals surface area (Å²) in [6.45, 7) is 11.8. The Morgan fingerprint density at radius 2 is 1.90 bits per heavy atom. The van der Waals surface area contributed by atoms with Crippen molar-refractivity contribution in [2.45, 2.75) is 39.3 Å². The maximum atomic E-state index is 12.2. The van der Waals surface area contributed by atoms with Crippen LogP contribution >= 0.6 is 0 Å². The Kier molecular flexibility index (Phi) is 6.65. The van der Waals surface area contributed by atoms with Gasteiger partial charge in [0.15, 0.2) is 0 Å². The maximum Gasteiger partial charge on any atom is 0.410 e. The van der Waals surface area contributed by atoms with E-state index in [1.807, 2.05) is 40.9 Å². The van der Waals surface area contributed by atoms with E-state index in [9.17, 15) is 4.79 Å². The molecule has 1 atom stereocenters. The minimum absolute atomic E-state index is 0.208. The van der Waals surface area contributed by atoms with E-state index in [1.54, 1.807) is 11.2 Å². The lowest BCUT2D eigenvalue weighted by atomic mass is 10.2. The highest BCUT2D eigenvalue weighted by molar-refractivity contribution is 5.97. The standard InChI is InChI=1S/C22H34N6O2/c1-16(14-27-10-12-28(13-11-27)21(29)30-22(2,3)4)25-20-17-8-7-9-18(26(5)6)19(17)23-15-24-20/h7-9,15-16H,10-14H2,1-6H3,(H,23,24,25)/t16-/m0/s1. The van der Waals surface area contributed by atoms with Gasteiger partial charge in [-0.15, -0.1) is 0 Å². The molecule has 2 aromatic rings. The number of fused-ring (bicyclic) bond motifs is 1. The van der Waals surface area contributed by atoms with Gasteiger partial charge in [-0.25, -0.2) is 14.8 Å². The predicted octanol–water partition coefficient (Wildman–Crippen LogP) is 3.05. The average Bonchev–Trinajstić information content (AvgIpc) is 2.67. The van der Waals surface area contributed by atoms with Crippen LogP contribution in [0.4, 0.5) is 16.3 Å². The van der Waals surface area contributed by atoms with Crippen molar-refractivity contribution in [3.05, 3.63) is 24.5 Å². The van der Waals surface area contributed by atoms with Crippen molar-refractivity contribution in [2.24, 2.45) is 0 Å². The van der Waals surface area contributed by atoms with Gasteiger partial charge in [0.2, 0.25) is 0 Å². The molecule has 30 heavy (non-hydrogen) atoms. The number of nitrogens with zero attached hydrogens (tertiary/aromatic N) is 5. The smallest absolute Gasteiger partial charge is 0.410 e. The second-order valence-corrected chi connectivity index (χ2v) is 9.10. The molecule has 1 aliphatic heterocycles. The molecule has 8 nitrogen and oxygen atoms in total. The van der Waals surface area contributed by atoms with Crippen molar-refractivity contribution in [2.75, 3.05) is 57.0 Å². The molecule has 0 aliphatic carbocycles. The van der Waals surface area contributed by atoms with Crippen LogP contribution in [0, 0.1) is 0 Å². The Bertz CT molecular complexity index is 872. The Hall–Kier alpha value is -2.61. The predicted molar refractivity (Wildman–Crippen MR) is 121 cm³/mol. The van der Waals surface area contributed by atoms with Crippen LogP contribution in [0.5, 0.6) is 0 Å². The van der Waals surface area contributed by atoms with Gasteiger partial charge < -0.3 is 19.9 Å². The molecule has 0 unspecified atom stereocenters. The van der Waals surface area contributed by atoms with Gasteiger partial charge in [-0.3, -0.25) is 4.90 Å². The highest BCUT2D eigenvalue weighted by Gasteiger charge is 2.26. The van der Waals surface area contributed by atoms with E-state index in [0.29, 0.717) is 13.1 Å². The van der Waals surface area contributed by atoms with Crippen molar-refractivity contribution in [1.29, 1.82) is 0 Å². The van der Waals surface area contributed by atoms with E-state index in [0.717, 1.165) is 42.0 Å². The second-order valence-electron chi connectivity index (χ2n) is 9.10. The molecule has 0 radical (unpaired) electrons. The number of hydrogen-bond donors (Lipinski definition) is 1. The fraction of sp³-hybridized carbons (Fsp3) is 0.591. The summed E-state index contributed by atoms with van der Waals surface area (Å²) in [5, 5.41) is 4.57. The summed E-state index contributed by atoms with van der Waals surface area (Å²) in [7, 11) is 4.03. The number of hydrogen-bond acceptors (Lipinski definition) is 7. The van der Waals surface area contributed by atoms with Crippen molar-refractivity contribution in [3.8, 4) is 0 Å². The number of ether oxygens (including phenoxy) is 1. The number of anilines is 2. The van der Waals surface area contributed by atoms with Gasteiger partial charge in [-0.2, -0.15) is 0 Å². The fourth-order valence-electron chi connectivity index (χ4n) is 3.65. The van der Waals surface area contributed by atoms with Crippen LogP contribution in [0.15, 0.2) is 24.5 Å². The second kappa shape index (κ2) is 9.04. The zero-order valence-electron chi connectivity index (χ0n) is 19.0. The van der Waals surface area contributed by atoms with E-state index in [2.05, 4.69) is 44.1 Å². The number of para-hydroxylation sites is 1. The number of amides is 1. The molecule has 1 fully saturated rings. The third-order valence-corrected chi connectivity index (χ3v) is 5.06. The zero-order chi connectivity index (χ0) is 21.9. The van der Waals surface area contributed by atoms with Crippen LogP contribution in [0.3, 0.4) is 0 Å². The molecule has 1 N–H and O–H groups in total. The molecule has 0 spiro atoms. The molecule has 0 saturated carbocycles. The summed E-state index contributed by atoms with van der Waals surface area (Å²) in [6, 6.07) is 6.36. The van der Waals surface area contributed by atoms with Crippen molar-refractivity contribution in [1.82, 2.24) is 19.8 Å². The van der Waals surface area contributed by atoms with Gasteiger partial charge >= 0.3 is 6.09 Å². The number of nitrogens with one attached hydrogen (secondary N) is 1. The normalized spacial score (nSPS) is 16.4. The van der Waals surface area contributed by atoms with Crippen LogP contribution in [0.2, 0.25) is 0 Å². The number of rotatable bonds is 5. The third kappa shape index (κ3) is 5.50. The van der Waals surface area contributed by atoms with Crippen molar-refractivity contribution >= 4 is 28.5 Å². The molecule has 1 saturated heterocycles. The summed E-state index contributed by atoms with van der Waals surface area (Å²) in [4.78, 5) is 27.4. The largest absolute Gasteiger partial charge is 0.444 e. The van der Waals surface area contributed by atoms with Gasteiger partial charge in [0, 0.05) is 58.2 Å². The van der Waals surface area contributed by atoms with Gasteiger partial charge in [0.25, 0.3) is 0 Å². The minimum Gasteiger partial charge on any atom is -0.444 e. The van der Waals surface area contributed by atoms with Gasteiger partial charge in [-0.05, 0) is 39.8 Å². The topological polar surface area (TPSA) is 73.8 Å². The first-order valence-electron chi connectivity index (χ1n) is 10.5. The summed E-state index contributed by atoms with van der Waals surface area (Å²) < 4.78 is 5.48.